The fourth-order valence-electron chi connectivity index (χ4n) is 1.64. The van der Waals surface area contributed by atoms with Gasteiger partial charge in [0.15, 0.2) is 0 Å². The van der Waals surface area contributed by atoms with Gasteiger partial charge in [0.25, 0.3) is 0 Å². The van der Waals surface area contributed by atoms with Gasteiger partial charge in [-0.2, -0.15) is 5.10 Å². The number of fused-ring (bicyclic) bond motifs is 1. The van der Waals surface area contributed by atoms with E-state index in [4.69, 9.17) is 4.74 Å². The molecule has 0 amide bonds. The predicted molar refractivity (Wildman–Crippen MR) is 72.6 cm³/mol. The number of aromatic nitrogens is 2. The molecule has 0 N–H and O–H groups in total. The monoisotopic (exact) mass is 234 g/mol. The van der Waals surface area contributed by atoms with E-state index in [0.717, 1.165) is 23.1 Å². The van der Waals surface area contributed by atoms with Crippen molar-refractivity contribution in [1.29, 1.82) is 0 Å². The molecule has 0 atom stereocenters. The van der Waals surface area contributed by atoms with Gasteiger partial charge in [-0.05, 0) is 24.1 Å². The number of methoxy groups -OCH3 is 1. The lowest BCUT2D eigenvalue weighted by Gasteiger charge is -2.05. The topological polar surface area (TPSA) is 27.1 Å². The van der Waals surface area contributed by atoms with E-state index in [1.165, 1.54) is 12.0 Å². The molecular weight excluding hydrogens is 212 g/mol. The van der Waals surface area contributed by atoms with E-state index in [0.29, 0.717) is 0 Å². The van der Waals surface area contributed by atoms with Gasteiger partial charge in [0.1, 0.15) is 5.75 Å². The van der Waals surface area contributed by atoms with Crippen molar-refractivity contribution >= 4 is 10.9 Å². The van der Waals surface area contributed by atoms with Crippen LogP contribution in [0.1, 0.15) is 32.8 Å². The molecule has 0 aliphatic rings. The number of rotatable bonds is 2. The molecule has 1 aromatic heterocycles. The fourth-order valence-corrected chi connectivity index (χ4v) is 1.64. The first-order valence-corrected chi connectivity index (χ1v) is 6.16. The van der Waals surface area contributed by atoms with Crippen LogP contribution in [0.25, 0.3) is 10.9 Å². The number of aryl methyl sites for hydroxylation is 2. The average molecular weight is 234 g/mol. The van der Waals surface area contributed by atoms with Crippen LogP contribution in [-0.4, -0.2) is 16.9 Å². The molecule has 94 valence electrons. The standard InChI is InChI=1S/C11H14N2O.C3H8/c1-4-8-5-10-9(7-12-13(10)2)11(6-8)14-3;1-3-2/h5-7H,4H2,1-3H3;3H2,1-2H3. The number of ether oxygens (including phenoxy) is 1. The number of nitrogens with zero attached hydrogens (tertiary/aromatic N) is 2. The molecule has 0 aliphatic carbocycles. The maximum absolute atomic E-state index is 5.33. The summed E-state index contributed by atoms with van der Waals surface area (Å²) in [6, 6.07) is 4.23. The van der Waals surface area contributed by atoms with Crippen LogP contribution in [0.5, 0.6) is 5.75 Å². The molecule has 0 bridgehead atoms. The zero-order valence-corrected chi connectivity index (χ0v) is 11.4. The third-order valence-electron chi connectivity index (χ3n) is 2.52. The molecule has 3 heteroatoms. The second-order valence-electron chi connectivity index (χ2n) is 4.06. The highest BCUT2D eigenvalue weighted by molar-refractivity contribution is 5.86. The molecule has 2 rings (SSSR count). The second kappa shape index (κ2) is 6.28. The summed E-state index contributed by atoms with van der Waals surface area (Å²) in [7, 11) is 3.64. The largest absolute Gasteiger partial charge is 0.496 e. The van der Waals surface area contributed by atoms with Crippen molar-refractivity contribution in [2.45, 2.75) is 33.6 Å². The lowest BCUT2D eigenvalue weighted by Crippen LogP contribution is -1.92. The van der Waals surface area contributed by atoms with Gasteiger partial charge in [0.2, 0.25) is 0 Å². The zero-order valence-electron chi connectivity index (χ0n) is 11.4. The average Bonchev–Trinajstić information content (AvgIpc) is 2.71. The van der Waals surface area contributed by atoms with E-state index in [-0.39, 0.29) is 0 Å². The maximum atomic E-state index is 5.33. The Labute approximate surface area is 103 Å². The minimum Gasteiger partial charge on any atom is -0.496 e. The lowest BCUT2D eigenvalue weighted by molar-refractivity contribution is 0.419. The first-order chi connectivity index (χ1) is 8.17. The third-order valence-corrected chi connectivity index (χ3v) is 2.52. The summed E-state index contributed by atoms with van der Waals surface area (Å²) in [4.78, 5) is 0. The first kappa shape index (κ1) is 13.6. The van der Waals surface area contributed by atoms with E-state index >= 15 is 0 Å². The van der Waals surface area contributed by atoms with Crippen LogP contribution in [0, 0.1) is 0 Å². The van der Waals surface area contributed by atoms with Gasteiger partial charge < -0.3 is 4.74 Å². The van der Waals surface area contributed by atoms with E-state index in [1.54, 1.807) is 7.11 Å². The van der Waals surface area contributed by atoms with E-state index < -0.39 is 0 Å². The lowest BCUT2D eigenvalue weighted by atomic mass is 10.1. The summed E-state index contributed by atoms with van der Waals surface area (Å²) in [5, 5.41) is 5.29. The van der Waals surface area contributed by atoms with Crippen LogP contribution in [0.2, 0.25) is 0 Å². The zero-order chi connectivity index (χ0) is 12.8. The van der Waals surface area contributed by atoms with E-state index in [2.05, 4.69) is 38.0 Å². The minimum absolute atomic E-state index is 0.910. The molecular formula is C14H22N2O. The minimum atomic E-state index is 0.910. The Morgan fingerprint density at radius 2 is 1.88 bits per heavy atom. The normalized spacial score (nSPS) is 9.94. The SMILES string of the molecule is CCC.CCc1cc(OC)c2cnn(C)c2c1. The Balaban J connectivity index is 0.000000437. The molecule has 3 nitrogen and oxygen atoms in total. The van der Waals surface area contributed by atoms with Crippen molar-refractivity contribution < 1.29 is 4.74 Å². The summed E-state index contributed by atoms with van der Waals surface area (Å²) in [5.74, 6) is 0.910. The second-order valence-corrected chi connectivity index (χ2v) is 4.06. The van der Waals surface area contributed by atoms with Crippen LogP contribution in [0.15, 0.2) is 18.3 Å². The van der Waals surface area contributed by atoms with Gasteiger partial charge in [0.05, 0.1) is 24.2 Å². The highest BCUT2D eigenvalue weighted by Gasteiger charge is 2.07. The van der Waals surface area contributed by atoms with Crippen molar-refractivity contribution in [3.63, 3.8) is 0 Å². The van der Waals surface area contributed by atoms with Crippen molar-refractivity contribution in [1.82, 2.24) is 9.78 Å². The Morgan fingerprint density at radius 1 is 1.24 bits per heavy atom. The molecule has 17 heavy (non-hydrogen) atoms. The molecule has 0 saturated carbocycles. The van der Waals surface area contributed by atoms with Crippen molar-refractivity contribution in [3.05, 3.63) is 23.9 Å². The Morgan fingerprint density at radius 3 is 2.41 bits per heavy atom. The van der Waals surface area contributed by atoms with Crippen LogP contribution in [0.3, 0.4) is 0 Å². The van der Waals surface area contributed by atoms with Crippen LogP contribution < -0.4 is 4.74 Å². The summed E-state index contributed by atoms with van der Waals surface area (Å²) in [6.45, 7) is 6.39. The molecule has 0 radical (unpaired) electrons. The number of benzene rings is 1. The Kier molecular flexibility index (Phi) is 5.01. The van der Waals surface area contributed by atoms with Gasteiger partial charge >= 0.3 is 0 Å². The highest BCUT2D eigenvalue weighted by Crippen LogP contribution is 2.26. The molecule has 1 aromatic carbocycles. The Hall–Kier alpha value is -1.51. The summed E-state index contributed by atoms with van der Waals surface area (Å²) < 4.78 is 7.20. The molecule has 0 unspecified atom stereocenters. The van der Waals surface area contributed by atoms with Crippen molar-refractivity contribution in [3.8, 4) is 5.75 Å². The molecule has 0 aliphatic heterocycles. The van der Waals surface area contributed by atoms with Crippen LogP contribution >= 0.6 is 0 Å². The van der Waals surface area contributed by atoms with E-state index in [9.17, 15) is 0 Å². The van der Waals surface area contributed by atoms with Gasteiger partial charge in [-0.25, -0.2) is 0 Å². The fraction of sp³-hybridized carbons (Fsp3) is 0.500. The van der Waals surface area contributed by atoms with Crippen LogP contribution in [-0.2, 0) is 13.5 Å². The van der Waals surface area contributed by atoms with Crippen molar-refractivity contribution in [2.75, 3.05) is 7.11 Å². The maximum Gasteiger partial charge on any atom is 0.130 e. The molecule has 0 fully saturated rings. The summed E-state index contributed by atoms with van der Waals surface area (Å²) in [5.41, 5.74) is 2.40. The predicted octanol–water partition coefficient (Wildman–Crippen LogP) is 3.56. The summed E-state index contributed by atoms with van der Waals surface area (Å²) in [6.07, 6.45) is 4.10. The Bertz CT molecular complexity index is 474. The van der Waals surface area contributed by atoms with Crippen LogP contribution in [0.4, 0.5) is 0 Å². The van der Waals surface area contributed by atoms with Gasteiger partial charge in [-0.1, -0.05) is 27.2 Å². The third kappa shape index (κ3) is 2.99. The van der Waals surface area contributed by atoms with Crippen molar-refractivity contribution in [2.24, 2.45) is 7.05 Å². The van der Waals surface area contributed by atoms with Gasteiger partial charge in [-0.15, -0.1) is 0 Å². The highest BCUT2D eigenvalue weighted by atomic mass is 16.5. The summed E-state index contributed by atoms with van der Waals surface area (Å²) >= 11 is 0. The van der Waals surface area contributed by atoms with Gasteiger partial charge in [0, 0.05) is 7.05 Å². The molecule has 0 saturated heterocycles. The van der Waals surface area contributed by atoms with Gasteiger partial charge in [-0.3, -0.25) is 4.68 Å². The molecule has 2 aromatic rings. The molecule has 1 heterocycles. The quantitative estimate of drug-likeness (QED) is 0.794. The smallest absolute Gasteiger partial charge is 0.130 e. The first-order valence-electron chi connectivity index (χ1n) is 6.16. The number of hydrogen-bond acceptors (Lipinski definition) is 2. The number of hydrogen-bond donors (Lipinski definition) is 0. The molecule has 0 spiro atoms. The van der Waals surface area contributed by atoms with E-state index in [1.807, 2.05) is 17.9 Å².